The van der Waals surface area contributed by atoms with E-state index in [0.29, 0.717) is 19.4 Å². The van der Waals surface area contributed by atoms with Gasteiger partial charge < -0.3 is 10.2 Å². The topological polar surface area (TPSA) is 49.4 Å². The fourth-order valence-electron chi connectivity index (χ4n) is 2.95. The van der Waals surface area contributed by atoms with Crippen LogP contribution in [0.4, 0.5) is 4.39 Å². The third kappa shape index (κ3) is 4.79. The van der Waals surface area contributed by atoms with Crippen molar-refractivity contribution in [3.05, 3.63) is 35.6 Å². The number of hydrogen-bond donors (Lipinski definition) is 1. The van der Waals surface area contributed by atoms with Gasteiger partial charge in [-0.3, -0.25) is 9.59 Å². The standard InChI is InChI=1S/C19H27FN2O2/c1-19(2,3)18(24)21-12-4-7-17(23)22-13-5-6-16(22)14-8-10-15(20)11-9-14/h8-11,16H,4-7,12-13H2,1-3H3,(H,21,24). The van der Waals surface area contributed by atoms with Gasteiger partial charge in [-0.15, -0.1) is 0 Å². The molecule has 0 aliphatic carbocycles. The van der Waals surface area contributed by atoms with Gasteiger partial charge in [0.2, 0.25) is 11.8 Å². The second-order valence-corrected chi connectivity index (χ2v) is 7.41. The Morgan fingerprint density at radius 3 is 2.54 bits per heavy atom. The lowest BCUT2D eigenvalue weighted by Gasteiger charge is -2.25. The average Bonchev–Trinajstić information content (AvgIpc) is 3.00. The van der Waals surface area contributed by atoms with E-state index in [0.717, 1.165) is 24.9 Å². The number of carbonyl (C=O) groups is 2. The van der Waals surface area contributed by atoms with Gasteiger partial charge in [-0.05, 0) is 37.0 Å². The molecule has 1 aliphatic rings. The first-order chi connectivity index (χ1) is 11.3. The van der Waals surface area contributed by atoms with Crippen LogP contribution in [0.15, 0.2) is 24.3 Å². The van der Waals surface area contributed by atoms with E-state index in [1.807, 2.05) is 25.7 Å². The molecule has 132 valence electrons. The van der Waals surface area contributed by atoms with Gasteiger partial charge in [0.15, 0.2) is 0 Å². The van der Waals surface area contributed by atoms with Crippen molar-refractivity contribution in [2.24, 2.45) is 5.41 Å². The van der Waals surface area contributed by atoms with E-state index in [1.165, 1.54) is 12.1 Å². The maximum absolute atomic E-state index is 13.1. The number of hydrogen-bond acceptors (Lipinski definition) is 2. The molecule has 24 heavy (non-hydrogen) atoms. The minimum atomic E-state index is -0.410. The number of amides is 2. The predicted molar refractivity (Wildman–Crippen MR) is 91.8 cm³/mol. The fraction of sp³-hybridized carbons (Fsp3) is 0.579. The smallest absolute Gasteiger partial charge is 0.225 e. The highest BCUT2D eigenvalue weighted by atomic mass is 19.1. The first-order valence-electron chi connectivity index (χ1n) is 8.62. The van der Waals surface area contributed by atoms with Gasteiger partial charge in [0.1, 0.15) is 5.82 Å². The van der Waals surface area contributed by atoms with Gasteiger partial charge >= 0.3 is 0 Å². The molecule has 1 atom stereocenters. The minimum absolute atomic E-state index is 0.000287. The van der Waals surface area contributed by atoms with E-state index in [2.05, 4.69) is 5.32 Å². The molecule has 1 fully saturated rings. The Bertz CT molecular complexity index is 578. The lowest BCUT2D eigenvalue weighted by molar-refractivity contribution is -0.133. The van der Waals surface area contributed by atoms with Gasteiger partial charge in [-0.1, -0.05) is 32.9 Å². The number of likely N-dealkylation sites (tertiary alicyclic amines) is 1. The molecule has 5 heteroatoms. The Balaban J connectivity index is 1.83. The largest absolute Gasteiger partial charge is 0.356 e. The maximum Gasteiger partial charge on any atom is 0.225 e. The first-order valence-corrected chi connectivity index (χ1v) is 8.62. The Hall–Kier alpha value is -1.91. The van der Waals surface area contributed by atoms with E-state index < -0.39 is 5.41 Å². The number of halogens is 1. The molecule has 0 bridgehead atoms. The van der Waals surface area contributed by atoms with Crippen LogP contribution in [0.5, 0.6) is 0 Å². The van der Waals surface area contributed by atoms with E-state index in [9.17, 15) is 14.0 Å². The Labute approximate surface area is 143 Å². The van der Waals surface area contributed by atoms with E-state index >= 15 is 0 Å². The Morgan fingerprint density at radius 2 is 1.92 bits per heavy atom. The molecule has 0 radical (unpaired) electrons. The number of benzene rings is 1. The summed E-state index contributed by atoms with van der Waals surface area (Å²) in [6, 6.07) is 6.45. The fourth-order valence-corrected chi connectivity index (χ4v) is 2.95. The SMILES string of the molecule is CC(C)(C)C(=O)NCCCC(=O)N1CCCC1c1ccc(F)cc1. The molecule has 0 spiro atoms. The molecule has 2 rings (SSSR count). The van der Waals surface area contributed by atoms with Crippen molar-refractivity contribution in [1.82, 2.24) is 10.2 Å². The molecule has 2 amide bonds. The van der Waals surface area contributed by atoms with Crippen molar-refractivity contribution in [1.29, 1.82) is 0 Å². The molecule has 1 saturated heterocycles. The van der Waals surface area contributed by atoms with Crippen LogP contribution in [0.1, 0.15) is 58.1 Å². The number of rotatable bonds is 5. The molecule has 1 aromatic carbocycles. The summed E-state index contributed by atoms with van der Waals surface area (Å²) in [4.78, 5) is 26.2. The molecule has 1 aromatic rings. The molecular weight excluding hydrogens is 307 g/mol. The zero-order valence-electron chi connectivity index (χ0n) is 14.8. The summed E-state index contributed by atoms with van der Waals surface area (Å²) >= 11 is 0. The van der Waals surface area contributed by atoms with Crippen LogP contribution in [0.2, 0.25) is 0 Å². The van der Waals surface area contributed by atoms with Crippen LogP contribution < -0.4 is 5.32 Å². The lowest BCUT2D eigenvalue weighted by atomic mass is 9.96. The van der Waals surface area contributed by atoms with Crippen LogP contribution in [-0.2, 0) is 9.59 Å². The van der Waals surface area contributed by atoms with Crippen molar-refractivity contribution in [2.45, 2.75) is 52.5 Å². The quantitative estimate of drug-likeness (QED) is 0.839. The lowest BCUT2D eigenvalue weighted by Crippen LogP contribution is -2.36. The molecule has 0 aromatic heterocycles. The molecule has 1 unspecified atom stereocenters. The van der Waals surface area contributed by atoms with Crippen LogP contribution in [0, 0.1) is 11.2 Å². The highest BCUT2D eigenvalue weighted by molar-refractivity contribution is 5.81. The van der Waals surface area contributed by atoms with Gasteiger partial charge in [0.05, 0.1) is 6.04 Å². The van der Waals surface area contributed by atoms with Crippen LogP contribution in [0.25, 0.3) is 0 Å². The third-order valence-corrected chi connectivity index (χ3v) is 4.36. The third-order valence-electron chi connectivity index (χ3n) is 4.36. The van der Waals surface area contributed by atoms with E-state index in [4.69, 9.17) is 0 Å². The number of nitrogens with zero attached hydrogens (tertiary/aromatic N) is 1. The number of nitrogens with one attached hydrogen (secondary N) is 1. The van der Waals surface area contributed by atoms with Crippen molar-refractivity contribution >= 4 is 11.8 Å². The first kappa shape index (κ1) is 18.4. The van der Waals surface area contributed by atoms with E-state index in [1.54, 1.807) is 12.1 Å². The summed E-state index contributed by atoms with van der Waals surface area (Å²) in [6.07, 6.45) is 2.93. The van der Waals surface area contributed by atoms with E-state index in [-0.39, 0.29) is 23.7 Å². The summed E-state index contributed by atoms with van der Waals surface area (Å²) in [5.74, 6) is -0.156. The molecule has 1 N–H and O–H groups in total. The van der Waals surface area contributed by atoms with Crippen molar-refractivity contribution in [2.75, 3.05) is 13.1 Å². The van der Waals surface area contributed by atoms with Crippen LogP contribution >= 0.6 is 0 Å². The highest BCUT2D eigenvalue weighted by Crippen LogP contribution is 2.32. The number of carbonyl (C=O) groups excluding carboxylic acids is 2. The predicted octanol–water partition coefficient (Wildman–Crippen LogP) is 3.43. The monoisotopic (exact) mass is 334 g/mol. The van der Waals surface area contributed by atoms with Crippen molar-refractivity contribution in [3.8, 4) is 0 Å². The normalized spacial score (nSPS) is 17.8. The van der Waals surface area contributed by atoms with Crippen molar-refractivity contribution in [3.63, 3.8) is 0 Å². The van der Waals surface area contributed by atoms with Crippen LogP contribution in [-0.4, -0.2) is 29.8 Å². The summed E-state index contributed by atoms with van der Waals surface area (Å²) in [5, 5.41) is 2.87. The summed E-state index contributed by atoms with van der Waals surface area (Å²) in [6.45, 7) is 6.85. The zero-order valence-corrected chi connectivity index (χ0v) is 14.8. The second-order valence-electron chi connectivity index (χ2n) is 7.41. The summed E-state index contributed by atoms with van der Waals surface area (Å²) in [7, 11) is 0. The zero-order chi connectivity index (χ0) is 17.7. The maximum atomic E-state index is 13.1. The van der Waals surface area contributed by atoms with Gasteiger partial charge in [-0.25, -0.2) is 4.39 Å². The van der Waals surface area contributed by atoms with Gasteiger partial charge in [0.25, 0.3) is 0 Å². The van der Waals surface area contributed by atoms with Gasteiger partial charge in [-0.2, -0.15) is 0 Å². The molecule has 1 heterocycles. The minimum Gasteiger partial charge on any atom is -0.356 e. The summed E-state index contributed by atoms with van der Waals surface area (Å²) < 4.78 is 13.1. The highest BCUT2D eigenvalue weighted by Gasteiger charge is 2.29. The molecule has 4 nitrogen and oxygen atoms in total. The average molecular weight is 334 g/mol. The van der Waals surface area contributed by atoms with Crippen LogP contribution in [0.3, 0.4) is 0 Å². The molecule has 1 aliphatic heterocycles. The molecule has 0 saturated carbocycles. The van der Waals surface area contributed by atoms with Crippen molar-refractivity contribution < 1.29 is 14.0 Å². The van der Waals surface area contributed by atoms with Gasteiger partial charge in [0, 0.05) is 24.9 Å². The Morgan fingerprint density at radius 1 is 1.25 bits per heavy atom. The second kappa shape index (κ2) is 7.77. The molecular formula is C19H27FN2O2. The Kier molecular flexibility index (Phi) is 5.97. The summed E-state index contributed by atoms with van der Waals surface area (Å²) in [5.41, 5.74) is 0.579.